The van der Waals surface area contributed by atoms with Crippen molar-refractivity contribution in [1.82, 2.24) is 10.2 Å². The first kappa shape index (κ1) is 12.5. The topological polar surface area (TPSA) is 32.3 Å². The second-order valence-electron chi connectivity index (χ2n) is 6.83. The highest BCUT2D eigenvalue weighted by Crippen LogP contribution is 2.38. The third-order valence-corrected chi connectivity index (χ3v) is 5.46. The molecule has 18 heavy (non-hydrogen) atoms. The van der Waals surface area contributed by atoms with Crippen LogP contribution in [0.25, 0.3) is 0 Å². The van der Waals surface area contributed by atoms with Gasteiger partial charge in [-0.2, -0.15) is 0 Å². The van der Waals surface area contributed by atoms with Crippen LogP contribution in [0.5, 0.6) is 0 Å². The van der Waals surface area contributed by atoms with Crippen LogP contribution in [0.3, 0.4) is 0 Å². The molecule has 3 rings (SSSR count). The molecule has 2 saturated heterocycles. The summed E-state index contributed by atoms with van der Waals surface area (Å²) in [7, 11) is 0. The van der Waals surface area contributed by atoms with E-state index in [1.54, 1.807) is 0 Å². The summed E-state index contributed by atoms with van der Waals surface area (Å²) in [5.74, 6) is 2.13. The maximum absolute atomic E-state index is 12.7. The molecule has 3 fully saturated rings. The third-order valence-electron chi connectivity index (χ3n) is 5.46. The molecule has 1 aliphatic carbocycles. The van der Waals surface area contributed by atoms with Crippen LogP contribution in [0.15, 0.2) is 0 Å². The van der Waals surface area contributed by atoms with Crippen molar-refractivity contribution in [1.29, 1.82) is 0 Å². The standard InChI is InChI=1S/C15H26N2O/c1-15(7-8-16-11-15)14(18)17-9-6-12-4-2-3-5-13(12)10-17/h12-13,16H,2-11H2,1H3. The summed E-state index contributed by atoms with van der Waals surface area (Å²) in [4.78, 5) is 14.9. The van der Waals surface area contributed by atoms with E-state index in [0.717, 1.165) is 44.4 Å². The van der Waals surface area contributed by atoms with Crippen molar-refractivity contribution in [3.05, 3.63) is 0 Å². The van der Waals surface area contributed by atoms with E-state index in [1.807, 2.05) is 0 Å². The molecule has 3 unspecified atom stereocenters. The Morgan fingerprint density at radius 3 is 2.72 bits per heavy atom. The summed E-state index contributed by atoms with van der Waals surface area (Å²) in [6.07, 6.45) is 7.81. The predicted octanol–water partition coefficient (Wildman–Crippen LogP) is 2.02. The number of hydrogen-bond acceptors (Lipinski definition) is 2. The molecule has 102 valence electrons. The number of nitrogens with one attached hydrogen (secondary N) is 1. The van der Waals surface area contributed by atoms with Crippen molar-refractivity contribution in [3.8, 4) is 0 Å². The van der Waals surface area contributed by atoms with E-state index in [9.17, 15) is 4.79 Å². The highest BCUT2D eigenvalue weighted by molar-refractivity contribution is 5.83. The van der Waals surface area contributed by atoms with E-state index >= 15 is 0 Å². The Morgan fingerprint density at radius 1 is 1.22 bits per heavy atom. The zero-order valence-corrected chi connectivity index (χ0v) is 11.6. The number of piperidine rings is 1. The molecule has 2 aliphatic heterocycles. The number of rotatable bonds is 1. The fraction of sp³-hybridized carbons (Fsp3) is 0.933. The van der Waals surface area contributed by atoms with Crippen LogP contribution in [0.2, 0.25) is 0 Å². The average molecular weight is 250 g/mol. The lowest BCUT2D eigenvalue weighted by molar-refractivity contribution is -0.143. The SMILES string of the molecule is CC1(C(=O)N2CCC3CCCCC3C2)CCNC1. The molecule has 0 spiro atoms. The summed E-state index contributed by atoms with van der Waals surface area (Å²) in [5, 5.41) is 3.34. The van der Waals surface area contributed by atoms with Gasteiger partial charge in [0.1, 0.15) is 0 Å². The van der Waals surface area contributed by atoms with Crippen LogP contribution in [0, 0.1) is 17.3 Å². The summed E-state index contributed by atoms with van der Waals surface area (Å²) in [6.45, 7) is 6.07. The monoisotopic (exact) mass is 250 g/mol. The molecular formula is C15H26N2O. The van der Waals surface area contributed by atoms with Crippen molar-refractivity contribution in [3.63, 3.8) is 0 Å². The lowest BCUT2D eigenvalue weighted by atomic mass is 9.74. The van der Waals surface area contributed by atoms with Crippen molar-refractivity contribution in [2.45, 2.75) is 45.4 Å². The Kier molecular flexibility index (Phi) is 3.35. The number of hydrogen-bond donors (Lipinski definition) is 1. The van der Waals surface area contributed by atoms with Crippen molar-refractivity contribution in [2.75, 3.05) is 26.2 Å². The Hall–Kier alpha value is -0.570. The number of fused-ring (bicyclic) bond motifs is 1. The lowest BCUT2D eigenvalue weighted by Crippen LogP contribution is -2.50. The predicted molar refractivity (Wildman–Crippen MR) is 72.2 cm³/mol. The molecular weight excluding hydrogens is 224 g/mol. The minimum absolute atomic E-state index is 0.124. The molecule has 3 heteroatoms. The van der Waals surface area contributed by atoms with Gasteiger partial charge in [0.15, 0.2) is 0 Å². The van der Waals surface area contributed by atoms with Crippen LogP contribution in [-0.4, -0.2) is 37.0 Å². The average Bonchev–Trinajstić information content (AvgIpc) is 2.85. The van der Waals surface area contributed by atoms with Gasteiger partial charge >= 0.3 is 0 Å². The van der Waals surface area contributed by atoms with Gasteiger partial charge in [0.05, 0.1) is 5.41 Å². The number of carbonyl (C=O) groups excluding carboxylic acids is 1. The van der Waals surface area contributed by atoms with Crippen molar-refractivity contribution in [2.24, 2.45) is 17.3 Å². The number of amides is 1. The van der Waals surface area contributed by atoms with Crippen molar-refractivity contribution >= 4 is 5.91 Å². The van der Waals surface area contributed by atoms with Gasteiger partial charge in [-0.1, -0.05) is 19.3 Å². The van der Waals surface area contributed by atoms with Gasteiger partial charge in [-0.25, -0.2) is 0 Å². The molecule has 0 radical (unpaired) electrons. The number of carbonyl (C=O) groups is 1. The van der Waals surface area contributed by atoms with Gasteiger partial charge in [0.2, 0.25) is 5.91 Å². The summed E-state index contributed by atoms with van der Waals surface area (Å²) >= 11 is 0. The van der Waals surface area contributed by atoms with E-state index < -0.39 is 0 Å². The Balaban J connectivity index is 1.64. The lowest BCUT2D eigenvalue weighted by Gasteiger charge is -2.43. The second kappa shape index (κ2) is 4.84. The Bertz CT molecular complexity index is 322. The summed E-state index contributed by atoms with van der Waals surface area (Å²) in [6, 6.07) is 0. The molecule has 3 aliphatic rings. The molecule has 2 heterocycles. The molecule has 0 aromatic carbocycles. The first-order valence-electron chi connectivity index (χ1n) is 7.69. The maximum Gasteiger partial charge on any atom is 0.229 e. The van der Waals surface area contributed by atoms with Crippen LogP contribution < -0.4 is 5.32 Å². The molecule has 3 atom stereocenters. The van der Waals surface area contributed by atoms with Gasteiger partial charge in [0.25, 0.3) is 0 Å². The second-order valence-corrected chi connectivity index (χ2v) is 6.83. The zero-order valence-electron chi connectivity index (χ0n) is 11.6. The highest BCUT2D eigenvalue weighted by Gasteiger charge is 2.42. The maximum atomic E-state index is 12.7. The van der Waals surface area contributed by atoms with Gasteiger partial charge in [0, 0.05) is 19.6 Å². The Morgan fingerprint density at radius 2 is 2.00 bits per heavy atom. The van der Waals surface area contributed by atoms with E-state index in [4.69, 9.17) is 0 Å². The van der Waals surface area contributed by atoms with E-state index in [2.05, 4.69) is 17.1 Å². The smallest absolute Gasteiger partial charge is 0.229 e. The quantitative estimate of drug-likeness (QED) is 0.772. The van der Waals surface area contributed by atoms with E-state index in [-0.39, 0.29) is 5.41 Å². The summed E-state index contributed by atoms with van der Waals surface area (Å²) < 4.78 is 0. The summed E-state index contributed by atoms with van der Waals surface area (Å²) in [5.41, 5.74) is -0.124. The molecule has 0 aromatic rings. The number of likely N-dealkylation sites (tertiary alicyclic amines) is 1. The van der Waals surface area contributed by atoms with E-state index in [0.29, 0.717) is 5.91 Å². The van der Waals surface area contributed by atoms with Gasteiger partial charge in [-0.3, -0.25) is 4.79 Å². The van der Waals surface area contributed by atoms with Crippen LogP contribution >= 0.6 is 0 Å². The molecule has 0 aromatic heterocycles. The molecule has 1 amide bonds. The van der Waals surface area contributed by atoms with Crippen LogP contribution in [0.4, 0.5) is 0 Å². The number of nitrogens with zero attached hydrogens (tertiary/aromatic N) is 1. The first-order chi connectivity index (χ1) is 8.69. The molecule has 0 bridgehead atoms. The van der Waals surface area contributed by atoms with Gasteiger partial charge in [-0.05, 0) is 44.6 Å². The van der Waals surface area contributed by atoms with Gasteiger partial charge < -0.3 is 10.2 Å². The fourth-order valence-electron chi connectivity index (χ4n) is 4.17. The first-order valence-corrected chi connectivity index (χ1v) is 7.69. The normalized spacial score (nSPS) is 40.6. The largest absolute Gasteiger partial charge is 0.342 e. The van der Waals surface area contributed by atoms with Crippen molar-refractivity contribution < 1.29 is 4.79 Å². The Labute approximate surface area is 110 Å². The third kappa shape index (κ3) is 2.18. The molecule has 3 nitrogen and oxygen atoms in total. The fourth-order valence-corrected chi connectivity index (χ4v) is 4.17. The van der Waals surface area contributed by atoms with Crippen LogP contribution in [-0.2, 0) is 4.79 Å². The molecule has 1 saturated carbocycles. The van der Waals surface area contributed by atoms with Gasteiger partial charge in [-0.15, -0.1) is 0 Å². The highest BCUT2D eigenvalue weighted by atomic mass is 16.2. The minimum Gasteiger partial charge on any atom is -0.342 e. The van der Waals surface area contributed by atoms with Crippen LogP contribution in [0.1, 0.15) is 45.4 Å². The zero-order chi connectivity index (χ0) is 12.6. The molecule has 1 N–H and O–H groups in total. The minimum atomic E-state index is -0.124. The van der Waals surface area contributed by atoms with E-state index in [1.165, 1.54) is 32.1 Å².